The predicted octanol–water partition coefficient (Wildman–Crippen LogP) is 1.12. The Morgan fingerprint density at radius 1 is 1.38 bits per heavy atom. The molecule has 0 aliphatic heterocycles. The molecule has 0 spiro atoms. The van der Waals surface area contributed by atoms with E-state index in [-0.39, 0.29) is 17.1 Å². The molecular formula is C16H15N5O3S2. The standard InChI is InChI=1S/C16H15N5O3S2/c1-21-12(17)11(13(23)20-16(21)24)8(22)5-25-14-10-7-3-2-4-9(7)26-15(10)19-6-18-14/h6H,2-5,17H2,1H3,(H,20,23,24). The van der Waals surface area contributed by atoms with Crippen LogP contribution in [0.15, 0.2) is 20.9 Å². The molecule has 8 nitrogen and oxygen atoms in total. The number of thiophene rings is 1. The maximum absolute atomic E-state index is 12.6. The van der Waals surface area contributed by atoms with Gasteiger partial charge in [0.25, 0.3) is 5.56 Å². The molecule has 0 saturated heterocycles. The number of nitrogens with zero attached hydrogens (tertiary/aromatic N) is 3. The van der Waals surface area contributed by atoms with E-state index in [1.54, 1.807) is 11.3 Å². The molecule has 0 aromatic carbocycles. The lowest BCUT2D eigenvalue weighted by atomic mass is 10.2. The molecule has 1 aliphatic carbocycles. The smallest absolute Gasteiger partial charge is 0.329 e. The molecule has 134 valence electrons. The molecule has 3 aromatic rings. The van der Waals surface area contributed by atoms with E-state index >= 15 is 0 Å². The minimum atomic E-state index is -0.763. The van der Waals surface area contributed by atoms with E-state index in [4.69, 9.17) is 5.73 Å². The summed E-state index contributed by atoms with van der Waals surface area (Å²) < 4.78 is 1.05. The minimum absolute atomic E-state index is 0.00220. The first-order chi connectivity index (χ1) is 12.5. The van der Waals surface area contributed by atoms with E-state index in [1.165, 1.54) is 35.6 Å². The topological polar surface area (TPSA) is 124 Å². The molecule has 0 bridgehead atoms. The average Bonchev–Trinajstić information content (AvgIpc) is 3.18. The second-order valence-electron chi connectivity index (χ2n) is 6.01. The van der Waals surface area contributed by atoms with Crippen LogP contribution in [-0.4, -0.2) is 31.1 Å². The maximum Gasteiger partial charge on any atom is 0.329 e. The van der Waals surface area contributed by atoms with Gasteiger partial charge in [-0.15, -0.1) is 11.3 Å². The van der Waals surface area contributed by atoms with Crippen molar-refractivity contribution >= 4 is 44.9 Å². The van der Waals surface area contributed by atoms with E-state index in [0.29, 0.717) is 0 Å². The highest BCUT2D eigenvalue weighted by atomic mass is 32.2. The zero-order valence-corrected chi connectivity index (χ0v) is 15.5. The van der Waals surface area contributed by atoms with Crippen LogP contribution in [0.2, 0.25) is 0 Å². The van der Waals surface area contributed by atoms with Crippen LogP contribution >= 0.6 is 23.1 Å². The second-order valence-corrected chi connectivity index (χ2v) is 8.05. The van der Waals surface area contributed by atoms with Crippen molar-refractivity contribution in [3.63, 3.8) is 0 Å². The number of nitrogens with one attached hydrogen (secondary N) is 1. The lowest BCUT2D eigenvalue weighted by Gasteiger charge is -2.08. The van der Waals surface area contributed by atoms with Crippen LogP contribution in [0.3, 0.4) is 0 Å². The Hall–Kier alpha value is -2.46. The van der Waals surface area contributed by atoms with Gasteiger partial charge in [-0.05, 0) is 24.8 Å². The Labute approximate surface area is 155 Å². The zero-order valence-electron chi connectivity index (χ0n) is 13.9. The third-order valence-electron chi connectivity index (χ3n) is 4.46. The highest BCUT2D eigenvalue weighted by Crippen LogP contribution is 2.40. The minimum Gasteiger partial charge on any atom is -0.384 e. The van der Waals surface area contributed by atoms with Crippen LogP contribution in [0.25, 0.3) is 10.2 Å². The molecule has 4 rings (SSSR count). The van der Waals surface area contributed by atoms with E-state index < -0.39 is 17.0 Å². The van der Waals surface area contributed by atoms with Gasteiger partial charge in [-0.1, -0.05) is 11.8 Å². The van der Waals surface area contributed by atoms with Gasteiger partial charge in [0.1, 0.15) is 27.6 Å². The van der Waals surface area contributed by atoms with Crippen molar-refractivity contribution in [1.82, 2.24) is 19.5 Å². The molecular weight excluding hydrogens is 374 g/mol. The fourth-order valence-electron chi connectivity index (χ4n) is 3.12. The van der Waals surface area contributed by atoms with Crippen LogP contribution in [0.4, 0.5) is 5.82 Å². The third kappa shape index (κ3) is 2.65. The summed E-state index contributed by atoms with van der Waals surface area (Å²) in [6.07, 6.45) is 4.67. The first kappa shape index (κ1) is 17.0. The SMILES string of the molecule is Cn1c(N)c(C(=O)CSc2ncnc3sc4c(c23)CCC4)c(=O)[nH]c1=O. The van der Waals surface area contributed by atoms with Crippen LogP contribution in [0.5, 0.6) is 0 Å². The monoisotopic (exact) mass is 389 g/mol. The van der Waals surface area contributed by atoms with E-state index in [9.17, 15) is 14.4 Å². The molecule has 3 N–H and O–H groups in total. The number of H-pyrrole nitrogens is 1. The summed E-state index contributed by atoms with van der Waals surface area (Å²) in [7, 11) is 1.40. The van der Waals surface area contributed by atoms with Gasteiger partial charge in [0.05, 0.1) is 5.75 Å². The normalized spacial score (nSPS) is 13.3. The Kier molecular flexibility index (Phi) is 4.16. The fourth-order valence-corrected chi connectivity index (χ4v) is 5.31. The van der Waals surface area contributed by atoms with Crippen LogP contribution in [0.1, 0.15) is 27.2 Å². The second kappa shape index (κ2) is 6.36. The van der Waals surface area contributed by atoms with Gasteiger partial charge >= 0.3 is 5.69 Å². The van der Waals surface area contributed by atoms with Gasteiger partial charge in [0.2, 0.25) is 0 Å². The Morgan fingerprint density at radius 2 is 2.19 bits per heavy atom. The molecule has 3 heterocycles. The number of hydrogen-bond acceptors (Lipinski definition) is 8. The molecule has 26 heavy (non-hydrogen) atoms. The number of nitrogen functional groups attached to an aromatic ring is 1. The number of aromatic amines is 1. The third-order valence-corrected chi connectivity index (χ3v) is 6.64. The summed E-state index contributed by atoms with van der Waals surface area (Å²) in [5.74, 6) is -0.570. The number of Topliss-reactive ketones (excluding diaryl/α,β-unsaturated/α-hetero) is 1. The maximum atomic E-state index is 12.6. The Bertz CT molecular complexity index is 1160. The highest BCUT2D eigenvalue weighted by Gasteiger charge is 2.23. The molecule has 3 aromatic heterocycles. The van der Waals surface area contributed by atoms with Crippen molar-refractivity contribution in [2.24, 2.45) is 7.05 Å². The first-order valence-electron chi connectivity index (χ1n) is 7.97. The fraction of sp³-hybridized carbons (Fsp3) is 0.312. The van der Waals surface area contributed by atoms with Crippen molar-refractivity contribution < 1.29 is 4.79 Å². The number of fused-ring (bicyclic) bond motifs is 3. The number of nitrogens with two attached hydrogens (primary N) is 1. The summed E-state index contributed by atoms with van der Waals surface area (Å²) in [6, 6.07) is 0. The van der Waals surface area contributed by atoms with Gasteiger partial charge in [-0.2, -0.15) is 0 Å². The quantitative estimate of drug-likeness (QED) is 0.389. The van der Waals surface area contributed by atoms with E-state index in [0.717, 1.165) is 39.1 Å². The summed E-state index contributed by atoms with van der Waals surface area (Å²) in [4.78, 5) is 49.1. The number of hydrogen-bond donors (Lipinski definition) is 2. The summed E-state index contributed by atoms with van der Waals surface area (Å²) in [6.45, 7) is 0. The lowest BCUT2D eigenvalue weighted by molar-refractivity contribution is 0.102. The van der Waals surface area contributed by atoms with Crippen molar-refractivity contribution in [3.8, 4) is 0 Å². The summed E-state index contributed by atoms with van der Waals surface area (Å²) in [5, 5.41) is 1.76. The number of aryl methyl sites for hydroxylation is 2. The lowest BCUT2D eigenvalue weighted by Crippen LogP contribution is -2.35. The number of anilines is 1. The number of aromatic nitrogens is 4. The van der Waals surface area contributed by atoms with Crippen molar-refractivity contribution in [3.05, 3.63) is 43.2 Å². The predicted molar refractivity (Wildman–Crippen MR) is 101 cm³/mol. The number of rotatable bonds is 4. The van der Waals surface area contributed by atoms with Gasteiger partial charge in [0, 0.05) is 17.3 Å². The van der Waals surface area contributed by atoms with Crippen LogP contribution in [-0.2, 0) is 19.9 Å². The molecule has 10 heteroatoms. The number of ketones is 1. The van der Waals surface area contributed by atoms with Crippen molar-refractivity contribution in [1.29, 1.82) is 0 Å². The van der Waals surface area contributed by atoms with Gasteiger partial charge in [-0.3, -0.25) is 19.1 Å². The number of carbonyl (C=O) groups is 1. The highest BCUT2D eigenvalue weighted by molar-refractivity contribution is 8.00. The zero-order chi connectivity index (χ0) is 18.4. The van der Waals surface area contributed by atoms with Gasteiger partial charge in [-0.25, -0.2) is 14.8 Å². The van der Waals surface area contributed by atoms with E-state index in [2.05, 4.69) is 15.0 Å². The molecule has 0 atom stereocenters. The Balaban J connectivity index is 1.66. The van der Waals surface area contributed by atoms with E-state index in [1.807, 2.05) is 0 Å². The van der Waals surface area contributed by atoms with Crippen molar-refractivity contribution in [2.75, 3.05) is 11.5 Å². The Morgan fingerprint density at radius 3 is 3.00 bits per heavy atom. The molecule has 1 aliphatic rings. The van der Waals surface area contributed by atoms with Crippen molar-refractivity contribution in [2.45, 2.75) is 24.3 Å². The molecule has 0 fully saturated rings. The summed E-state index contributed by atoms with van der Waals surface area (Å²) >= 11 is 2.94. The molecule has 0 unspecified atom stereocenters. The molecule has 0 amide bonds. The summed E-state index contributed by atoms with van der Waals surface area (Å²) in [5.41, 5.74) is 5.46. The average molecular weight is 389 g/mol. The number of thioether (sulfide) groups is 1. The molecule has 0 radical (unpaired) electrons. The van der Waals surface area contributed by atoms with Gasteiger partial charge in [0.15, 0.2) is 5.78 Å². The molecule has 0 saturated carbocycles. The van der Waals surface area contributed by atoms with Crippen LogP contribution < -0.4 is 17.0 Å². The van der Waals surface area contributed by atoms with Gasteiger partial charge < -0.3 is 5.73 Å². The first-order valence-corrected chi connectivity index (χ1v) is 9.77. The van der Waals surface area contributed by atoms with Crippen LogP contribution in [0, 0.1) is 0 Å². The largest absolute Gasteiger partial charge is 0.384 e. The number of carbonyl (C=O) groups excluding carboxylic acids is 1.